The lowest BCUT2D eigenvalue weighted by atomic mass is 10.4. The molecular weight excluding hydrogens is 160 g/mol. The van der Waals surface area contributed by atoms with Gasteiger partial charge in [0.15, 0.2) is 5.13 Å². The second kappa shape index (κ2) is 4.31. The van der Waals surface area contributed by atoms with E-state index in [0.29, 0.717) is 0 Å². The lowest BCUT2D eigenvalue weighted by molar-refractivity contribution is 0.201. The Kier molecular flexibility index (Phi) is 3.32. The summed E-state index contributed by atoms with van der Waals surface area (Å²) in [4.78, 5) is 4.29. The van der Waals surface area contributed by atoms with E-state index in [-0.39, 0.29) is 0 Å². The third-order valence-electron chi connectivity index (χ3n) is 1.33. The molecule has 1 heterocycles. The topological polar surface area (TPSA) is 34.2 Å². The molecule has 0 aliphatic rings. The highest BCUT2D eigenvalue weighted by atomic mass is 32.1. The summed E-state index contributed by atoms with van der Waals surface area (Å²) in [5, 5.41) is 6.01. The van der Waals surface area contributed by atoms with Crippen molar-refractivity contribution in [3.05, 3.63) is 11.1 Å². The van der Waals surface area contributed by atoms with Gasteiger partial charge in [-0.15, -0.1) is 11.3 Å². The molecule has 0 radical (unpaired) electrons. The van der Waals surface area contributed by atoms with Crippen LogP contribution < -0.4 is 5.32 Å². The number of thiazole rings is 1. The molecule has 0 spiro atoms. The zero-order chi connectivity index (χ0) is 8.10. The van der Waals surface area contributed by atoms with E-state index in [1.54, 1.807) is 18.4 Å². The van der Waals surface area contributed by atoms with Crippen LogP contribution in [0.3, 0.4) is 0 Å². The van der Waals surface area contributed by atoms with Gasteiger partial charge in [-0.2, -0.15) is 0 Å². The largest absolute Gasteiger partial charge is 0.384 e. The van der Waals surface area contributed by atoms with Crippen LogP contribution >= 0.6 is 11.3 Å². The van der Waals surface area contributed by atoms with E-state index in [2.05, 4.69) is 10.3 Å². The van der Waals surface area contributed by atoms with E-state index in [0.717, 1.165) is 23.9 Å². The minimum Gasteiger partial charge on any atom is -0.384 e. The van der Waals surface area contributed by atoms with E-state index in [4.69, 9.17) is 4.74 Å². The fourth-order valence-corrected chi connectivity index (χ4v) is 1.45. The zero-order valence-corrected chi connectivity index (χ0v) is 7.57. The van der Waals surface area contributed by atoms with E-state index in [9.17, 15) is 0 Å². The molecule has 0 aliphatic heterocycles. The Bertz CT molecular complexity index is 212. The lowest BCUT2D eigenvalue weighted by Crippen LogP contribution is -1.95. The first-order chi connectivity index (χ1) is 5.36. The summed E-state index contributed by atoms with van der Waals surface area (Å²) in [7, 11) is 3.57. The molecule has 1 rings (SSSR count). The summed E-state index contributed by atoms with van der Waals surface area (Å²) in [5.41, 5.74) is 1.10. The van der Waals surface area contributed by atoms with Crippen LogP contribution in [-0.2, 0) is 11.2 Å². The highest BCUT2D eigenvalue weighted by Gasteiger charge is 1.98. The van der Waals surface area contributed by atoms with Crippen molar-refractivity contribution < 1.29 is 4.74 Å². The van der Waals surface area contributed by atoms with Crippen LogP contribution in [0.4, 0.5) is 5.13 Å². The van der Waals surface area contributed by atoms with Gasteiger partial charge < -0.3 is 10.1 Å². The fourth-order valence-electron chi connectivity index (χ4n) is 0.743. The fraction of sp³-hybridized carbons (Fsp3) is 0.571. The second-order valence-electron chi connectivity index (χ2n) is 2.14. The van der Waals surface area contributed by atoms with Gasteiger partial charge in [-0.25, -0.2) is 4.98 Å². The summed E-state index contributed by atoms with van der Waals surface area (Å²) in [6.45, 7) is 0.743. The molecule has 11 heavy (non-hydrogen) atoms. The molecule has 0 aliphatic carbocycles. The molecule has 0 amide bonds. The predicted molar refractivity (Wildman–Crippen MR) is 47.2 cm³/mol. The predicted octanol–water partition coefficient (Wildman–Crippen LogP) is 1.37. The third kappa shape index (κ3) is 2.48. The van der Waals surface area contributed by atoms with Crippen LogP contribution in [0.25, 0.3) is 0 Å². The van der Waals surface area contributed by atoms with Crippen molar-refractivity contribution in [2.24, 2.45) is 0 Å². The maximum absolute atomic E-state index is 4.93. The van der Waals surface area contributed by atoms with E-state index >= 15 is 0 Å². The van der Waals surface area contributed by atoms with Crippen molar-refractivity contribution in [1.82, 2.24) is 4.98 Å². The summed E-state index contributed by atoms with van der Waals surface area (Å²) < 4.78 is 4.93. The first-order valence-corrected chi connectivity index (χ1v) is 4.36. The van der Waals surface area contributed by atoms with Crippen molar-refractivity contribution >= 4 is 16.5 Å². The van der Waals surface area contributed by atoms with Crippen LogP contribution in [0.5, 0.6) is 0 Å². The van der Waals surface area contributed by atoms with Crippen molar-refractivity contribution in [3.63, 3.8) is 0 Å². The Morgan fingerprint density at radius 1 is 1.73 bits per heavy atom. The molecule has 0 aromatic carbocycles. The smallest absolute Gasteiger partial charge is 0.182 e. The Balaban J connectivity index is 2.44. The third-order valence-corrected chi connectivity index (χ3v) is 2.24. The molecule has 0 fully saturated rings. The maximum Gasteiger partial charge on any atom is 0.182 e. The van der Waals surface area contributed by atoms with Gasteiger partial charge in [0.25, 0.3) is 0 Å². The molecule has 0 atom stereocenters. The average molecular weight is 172 g/mol. The Morgan fingerprint density at radius 3 is 3.09 bits per heavy atom. The molecule has 3 nitrogen and oxygen atoms in total. The number of ether oxygens (including phenoxy) is 1. The summed E-state index contributed by atoms with van der Waals surface area (Å²) in [6, 6.07) is 0. The molecule has 62 valence electrons. The molecule has 0 saturated carbocycles. The number of rotatable bonds is 4. The van der Waals surface area contributed by atoms with Crippen LogP contribution in [0.15, 0.2) is 5.38 Å². The van der Waals surface area contributed by atoms with Gasteiger partial charge in [0, 0.05) is 26.0 Å². The van der Waals surface area contributed by atoms with Crippen molar-refractivity contribution in [2.45, 2.75) is 6.42 Å². The van der Waals surface area contributed by atoms with Gasteiger partial charge in [-0.05, 0) is 0 Å². The van der Waals surface area contributed by atoms with Gasteiger partial charge in [-0.1, -0.05) is 0 Å². The molecule has 4 heteroatoms. The lowest BCUT2D eigenvalue weighted by Gasteiger charge is -1.93. The molecule has 1 aromatic rings. The van der Waals surface area contributed by atoms with Crippen LogP contribution in [0.1, 0.15) is 5.69 Å². The standard InChI is InChI=1S/C7H12N2OS/c1-8-7-9-6(5-11-7)3-4-10-2/h5H,3-4H2,1-2H3,(H,8,9). The summed E-state index contributed by atoms with van der Waals surface area (Å²) in [5.74, 6) is 0. The van der Waals surface area contributed by atoms with Gasteiger partial charge >= 0.3 is 0 Å². The highest BCUT2D eigenvalue weighted by Crippen LogP contribution is 2.14. The van der Waals surface area contributed by atoms with Crippen LogP contribution in [0, 0.1) is 0 Å². The molecule has 1 N–H and O–H groups in total. The Labute approximate surface area is 70.4 Å². The monoisotopic (exact) mass is 172 g/mol. The van der Waals surface area contributed by atoms with Crippen molar-refractivity contribution in [3.8, 4) is 0 Å². The van der Waals surface area contributed by atoms with Gasteiger partial charge in [0.2, 0.25) is 0 Å². The molecule has 0 saturated heterocycles. The normalized spacial score (nSPS) is 10.0. The summed E-state index contributed by atoms with van der Waals surface area (Å²) in [6.07, 6.45) is 0.898. The molecule has 0 unspecified atom stereocenters. The SMILES string of the molecule is CNc1nc(CCOC)cs1. The van der Waals surface area contributed by atoms with Crippen LogP contribution in [-0.4, -0.2) is 25.7 Å². The molecular formula is C7H12N2OS. The Morgan fingerprint density at radius 2 is 2.55 bits per heavy atom. The minimum atomic E-state index is 0.743. The zero-order valence-electron chi connectivity index (χ0n) is 6.76. The van der Waals surface area contributed by atoms with Crippen molar-refractivity contribution in [1.29, 1.82) is 0 Å². The number of nitrogens with zero attached hydrogens (tertiary/aromatic N) is 1. The first kappa shape index (κ1) is 8.49. The highest BCUT2D eigenvalue weighted by molar-refractivity contribution is 7.13. The average Bonchev–Trinajstić information content (AvgIpc) is 2.48. The Hall–Kier alpha value is -0.610. The first-order valence-electron chi connectivity index (χ1n) is 3.48. The van der Waals surface area contributed by atoms with E-state index < -0.39 is 0 Å². The van der Waals surface area contributed by atoms with Gasteiger partial charge in [0.1, 0.15) is 0 Å². The second-order valence-corrected chi connectivity index (χ2v) is 2.99. The maximum atomic E-state index is 4.93. The van der Waals surface area contributed by atoms with Crippen molar-refractivity contribution in [2.75, 3.05) is 26.1 Å². The number of hydrogen-bond donors (Lipinski definition) is 1. The van der Waals surface area contributed by atoms with E-state index in [1.807, 2.05) is 12.4 Å². The summed E-state index contributed by atoms with van der Waals surface area (Å²) >= 11 is 1.62. The van der Waals surface area contributed by atoms with Gasteiger partial charge in [0.05, 0.1) is 12.3 Å². The molecule has 0 bridgehead atoms. The number of hydrogen-bond acceptors (Lipinski definition) is 4. The molecule has 1 aromatic heterocycles. The van der Waals surface area contributed by atoms with Gasteiger partial charge in [-0.3, -0.25) is 0 Å². The quantitative estimate of drug-likeness (QED) is 0.745. The number of nitrogens with one attached hydrogen (secondary N) is 1. The van der Waals surface area contributed by atoms with E-state index in [1.165, 1.54) is 0 Å². The number of aromatic nitrogens is 1. The number of anilines is 1. The van der Waals surface area contributed by atoms with Crippen LogP contribution in [0.2, 0.25) is 0 Å². The minimum absolute atomic E-state index is 0.743. The number of methoxy groups -OCH3 is 1.